The predicted molar refractivity (Wildman–Crippen MR) is 76.3 cm³/mol. The van der Waals surface area contributed by atoms with Gasteiger partial charge in [0.1, 0.15) is 11.6 Å². The molecule has 20 heavy (non-hydrogen) atoms. The van der Waals surface area contributed by atoms with E-state index in [-0.39, 0.29) is 11.7 Å². The van der Waals surface area contributed by atoms with E-state index in [1.54, 1.807) is 16.8 Å². The van der Waals surface area contributed by atoms with E-state index in [0.717, 1.165) is 5.69 Å². The van der Waals surface area contributed by atoms with Crippen LogP contribution in [0.2, 0.25) is 0 Å². The zero-order chi connectivity index (χ0) is 13.9. The van der Waals surface area contributed by atoms with E-state index in [1.807, 2.05) is 30.3 Å². The van der Waals surface area contributed by atoms with E-state index in [9.17, 15) is 4.39 Å². The number of benzene rings is 2. The van der Waals surface area contributed by atoms with Crippen LogP contribution in [-0.4, -0.2) is 14.8 Å². The maximum Gasteiger partial charge on any atom is 0.181 e. The third kappa shape index (κ3) is 2.42. The molecule has 3 rings (SSSR count). The predicted octanol–water partition coefficient (Wildman–Crippen LogP) is 3.81. The highest BCUT2D eigenvalue weighted by Gasteiger charge is 2.12. The molecule has 5 heteroatoms. The lowest BCUT2D eigenvalue weighted by Crippen LogP contribution is -2.00. The minimum absolute atomic E-state index is 0.233. The van der Waals surface area contributed by atoms with Gasteiger partial charge in [-0.1, -0.05) is 30.3 Å². The maximum atomic E-state index is 13.3. The summed E-state index contributed by atoms with van der Waals surface area (Å²) in [7, 11) is 0. The summed E-state index contributed by atoms with van der Waals surface area (Å²) < 4.78 is 15.0. The normalized spacial score (nSPS) is 10.7. The fourth-order valence-electron chi connectivity index (χ4n) is 1.96. The summed E-state index contributed by atoms with van der Waals surface area (Å²) in [5.41, 5.74) is 1.50. The monoisotopic (exact) mass is 287 g/mol. The summed E-state index contributed by atoms with van der Waals surface area (Å²) in [5, 5.41) is 4.42. The molecule has 0 aliphatic rings. The molecule has 0 radical (unpaired) electrons. The maximum absolute atomic E-state index is 13.3. The molecule has 100 valence electrons. The van der Waals surface area contributed by atoms with Gasteiger partial charge in [0, 0.05) is 5.56 Å². The van der Waals surface area contributed by atoms with Gasteiger partial charge in [-0.3, -0.25) is 0 Å². The zero-order valence-corrected chi connectivity index (χ0v) is 11.3. The Morgan fingerprint density at radius 1 is 1.05 bits per heavy atom. The summed E-state index contributed by atoms with van der Waals surface area (Å²) in [5.74, 6) is 1.00. The molecule has 0 saturated carbocycles. The summed E-state index contributed by atoms with van der Waals surface area (Å²) in [4.78, 5) is 4.37. The number of hydrogen-bond acceptors (Lipinski definition) is 2. The van der Waals surface area contributed by atoms with Crippen LogP contribution in [0.15, 0.2) is 54.6 Å². The van der Waals surface area contributed by atoms with Gasteiger partial charge in [-0.2, -0.15) is 0 Å². The van der Waals surface area contributed by atoms with Crippen molar-refractivity contribution in [3.8, 4) is 17.1 Å². The number of hydrogen-bond donors (Lipinski definition) is 0. The van der Waals surface area contributed by atoms with Crippen LogP contribution in [0.5, 0.6) is 0 Å². The number of para-hydroxylation sites is 1. The van der Waals surface area contributed by atoms with Gasteiger partial charge < -0.3 is 0 Å². The van der Waals surface area contributed by atoms with E-state index in [0.29, 0.717) is 17.2 Å². The minimum Gasteiger partial charge on any atom is -0.216 e. The lowest BCUT2D eigenvalue weighted by Gasteiger charge is -2.02. The van der Waals surface area contributed by atoms with Crippen molar-refractivity contribution in [3.05, 3.63) is 66.2 Å². The number of alkyl halides is 1. The molecule has 1 aromatic heterocycles. The summed E-state index contributed by atoms with van der Waals surface area (Å²) in [6.45, 7) is 0. The molecule has 0 atom stereocenters. The van der Waals surface area contributed by atoms with Crippen LogP contribution in [-0.2, 0) is 5.88 Å². The minimum atomic E-state index is -0.314. The molecule has 2 aromatic carbocycles. The molecule has 0 bridgehead atoms. The molecule has 3 aromatic rings. The van der Waals surface area contributed by atoms with Crippen molar-refractivity contribution >= 4 is 11.6 Å². The van der Waals surface area contributed by atoms with Crippen LogP contribution in [0.1, 0.15) is 5.82 Å². The van der Waals surface area contributed by atoms with Gasteiger partial charge in [0.15, 0.2) is 5.82 Å². The van der Waals surface area contributed by atoms with Gasteiger partial charge >= 0.3 is 0 Å². The van der Waals surface area contributed by atoms with Gasteiger partial charge in [0.05, 0.1) is 11.6 Å². The lowest BCUT2D eigenvalue weighted by molar-refractivity contribution is 0.628. The average Bonchev–Trinajstić information content (AvgIpc) is 2.92. The van der Waals surface area contributed by atoms with Crippen LogP contribution < -0.4 is 0 Å². The Bertz CT molecular complexity index is 725. The summed E-state index contributed by atoms with van der Waals surface area (Å²) in [6, 6.07) is 15.8. The van der Waals surface area contributed by atoms with Crippen LogP contribution in [0.25, 0.3) is 17.1 Å². The van der Waals surface area contributed by atoms with Crippen LogP contribution in [0, 0.1) is 5.82 Å². The smallest absolute Gasteiger partial charge is 0.181 e. The second-order valence-electron chi connectivity index (χ2n) is 4.24. The van der Waals surface area contributed by atoms with Gasteiger partial charge in [0.25, 0.3) is 0 Å². The molecular weight excluding hydrogens is 277 g/mol. The highest BCUT2D eigenvalue weighted by Crippen LogP contribution is 2.20. The van der Waals surface area contributed by atoms with E-state index < -0.39 is 0 Å². The van der Waals surface area contributed by atoms with Crippen molar-refractivity contribution in [1.82, 2.24) is 14.8 Å². The van der Waals surface area contributed by atoms with Crippen molar-refractivity contribution in [2.75, 3.05) is 0 Å². The first-order valence-electron chi connectivity index (χ1n) is 6.11. The molecule has 0 fully saturated rings. The molecule has 0 saturated heterocycles. The largest absolute Gasteiger partial charge is 0.216 e. The first-order chi connectivity index (χ1) is 9.78. The molecule has 0 spiro atoms. The molecule has 0 N–H and O–H groups in total. The van der Waals surface area contributed by atoms with Gasteiger partial charge in [-0.15, -0.1) is 16.7 Å². The van der Waals surface area contributed by atoms with Crippen molar-refractivity contribution < 1.29 is 4.39 Å². The Kier molecular flexibility index (Phi) is 3.48. The van der Waals surface area contributed by atoms with Crippen molar-refractivity contribution in [2.24, 2.45) is 0 Å². The molecule has 1 heterocycles. The van der Waals surface area contributed by atoms with Gasteiger partial charge in [-0.25, -0.2) is 14.1 Å². The Morgan fingerprint density at radius 2 is 1.85 bits per heavy atom. The third-order valence-electron chi connectivity index (χ3n) is 2.88. The number of rotatable bonds is 3. The third-order valence-corrected chi connectivity index (χ3v) is 3.12. The summed E-state index contributed by atoms with van der Waals surface area (Å²) >= 11 is 5.92. The van der Waals surface area contributed by atoms with Gasteiger partial charge in [-0.05, 0) is 24.3 Å². The quantitative estimate of drug-likeness (QED) is 0.686. The first kappa shape index (κ1) is 12.8. The zero-order valence-electron chi connectivity index (χ0n) is 10.5. The average molecular weight is 288 g/mol. The van der Waals surface area contributed by atoms with E-state index in [4.69, 9.17) is 11.6 Å². The Labute approximate surface area is 120 Å². The molecular formula is C15H11ClFN3. The second-order valence-corrected chi connectivity index (χ2v) is 4.51. The highest BCUT2D eigenvalue weighted by molar-refractivity contribution is 6.16. The molecule has 0 amide bonds. The number of nitrogens with zero attached hydrogens (tertiary/aromatic N) is 3. The fraction of sp³-hybridized carbons (Fsp3) is 0.0667. The number of halogens is 2. The van der Waals surface area contributed by atoms with Crippen molar-refractivity contribution in [1.29, 1.82) is 0 Å². The number of aromatic nitrogens is 3. The van der Waals surface area contributed by atoms with Gasteiger partial charge in [0.2, 0.25) is 0 Å². The fourth-order valence-corrected chi connectivity index (χ4v) is 2.13. The highest BCUT2D eigenvalue weighted by atomic mass is 35.5. The Hall–Kier alpha value is -2.20. The van der Waals surface area contributed by atoms with Crippen LogP contribution >= 0.6 is 11.6 Å². The van der Waals surface area contributed by atoms with E-state index in [2.05, 4.69) is 10.1 Å². The molecule has 0 unspecified atom stereocenters. The standard InChI is InChI=1S/C15H11ClFN3/c16-10-14-18-15(11-5-4-6-12(17)9-11)19-20(14)13-7-2-1-3-8-13/h1-9H,10H2. The Morgan fingerprint density at radius 3 is 2.55 bits per heavy atom. The molecule has 3 nitrogen and oxygen atoms in total. The van der Waals surface area contributed by atoms with Crippen LogP contribution in [0.3, 0.4) is 0 Å². The SMILES string of the molecule is Fc1cccc(-c2nc(CCl)n(-c3ccccc3)n2)c1. The lowest BCUT2D eigenvalue weighted by atomic mass is 10.2. The first-order valence-corrected chi connectivity index (χ1v) is 6.64. The van der Waals surface area contributed by atoms with E-state index in [1.165, 1.54) is 12.1 Å². The van der Waals surface area contributed by atoms with Crippen molar-refractivity contribution in [2.45, 2.75) is 5.88 Å². The second kappa shape index (κ2) is 5.43. The molecule has 0 aliphatic carbocycles. The van der Waals surface area contributed by atoms with Crippen molar-refractivity contribution in [3.63, 3.8) is 0 Å². The molecule has 0 aliphatic heterocycles. The summed E-state index contributed by atoms with van der Waals surface area (Å²) in [6.07, 6.45) is 0. The topological polar surface area (TPSA) is 30.7 Å². The Balaban J connectivity index is 2.10. The van der Waals surface area contributed by atoms with Crippen LogP contribution in [0.4, 0.5) is 4.39 Å². The van der Waals surface area contributed by atoms with E-state index >= 15 is 0 Å².